The Balaban J connectivity index is 1.82. The molecule has 0 unspecified atom stereocenters. The number of hydrogen-bond donors (Lipinski definition) is 0. The molecule has 0 saturated carbocycles. The van der Waals surface area contributed by atoms with Gasteiger partial charge in [0.05, 0.1) is 12.2 Å². The molecule has 3 rings (SSSR count). The second kappa shape index (κ2) is 4.46. The van der Waals surface area contributed by atoms with E-state index in [0.717, 1.165) is 48.8 Å². The standard InChI is InChI=1S/C12H17N3OS/c1-14-5-9(6-14)7-15-12(16)4-10-8-17-3-2-11(10)13-15/h4,9H,2-3,5-8H2,1H3. The molecular weight excluding hydrogens is 234 g/mol. The molecule has 0 aliphatic carbocycles. The highest BCUT2D eigenvalue weighted by atomic mass is 32.2. The fourth-order valence-electron chi connectivity index (χ4n) is 2.57. The lowest BCUT2D eigenvalue weighted by Gasteiger charge is -2.36. The van der Waals surface area contributed by atoms with Crippen LogP contribution in [0.3, 0.4) is 0 Å². The van der Waals surface area contributed by atoms with E-state index in [4.69, 9.17) is 0 Å². The zero-order chi connectivity index (χ0) is 11.8. The number of fused-ring (bicyclic) bond motifs is 1. The van der Waals surface area contributed by atoms with Crippen LogP contribution < -0.4 is 5.56 Å². The second-order valence-corrected chi connectivity index (χ2v) is 6.13. The largest absolute Gasteiger partial charge is 0.306 e. The third-order valence-electron chi connectivity index (χ3n) is 3.48. The Morgan fingerprint density at radius 1 is 1.53 bits per heavy atom. The van der Waals surface area contributed by atoms with Crippen molar-refractivity contribution in [2.45, 2.75) is 18.7 Å². The summed E-state index contributed by atoms with van der Waals surface area (Å²) in [5.74, 6) is 2.68. The molecule has 92 valence electrons. The van der Waals surface area contributed by atoms with Gasteiger partial charge in [0.1, 0.15) is 0 Å². The normalized spacial score (nSPS) is 21.0. The molecular formula is C12H17N3OS. The van der Waals surface area contributed by atoms with Gasteiger partial charge in [-0.25, -0.2) is 4.68 Å². The summed E-state index contributed by atoms with van der Waals surface area (Å²) in [6, 6.07) is 1.79. The van der Waals surface area contributed by atoms with Crippen molar-refractivity contribution in [2.75, 3.05) is 25.9 Å². The zero-order valence-electron chi connectivity index (χ0n) is 10.1. The van der Waals surface area contributed by atoms with Crippen LogP contribution in [0.2, 0.25) is 0 Å². The first-order chi connectivity index (χ1) is 8.22. The number of aromatic nitrogens is 2. The fraction of sp³-hybridized carbons (Fsp3) is 0.667. The monoisotopic (exact) mass is 251 g/mol. The highest BCUT2D eigenvalue weighted by Gasteiger charge is 2.24. The third-order valence-corrected chi connectivity index (χ3v) is 4.48. The van der Waals surface area contributed by atoms with Crippen LogP contribution in [-0.4, -0.2) is 40.6 Å². The van der Waals surface area contributed by atoms with Crippen LogP contribution in [0.25, 0.3) is 0 Å². The summed E-state index contributed by atoms with van der Waals surface area (Å²) >= 11 is 1.89. The molecule has 0 atom stereocenters. The maximum Gasteiger partial charge on any atom is 0.267 e. The topological polar surface area (TPSA) is 38.1 Å². The lowest BCUT2D eigenvalue weighted by Crippen LogP contribution is -2.47. The number of thioether (sulfide) groups is 1. The van der Waals surface area contributed by atoms with Crippen LogP contribution in [0.4, 0.5) is 0 Å². The van der Waals surface area contributed by atoms with Crippen molar-refractivity contribution in [3.8, 4) is 0 Å². The van der Waals surface area contributed by atoms with Gasteiger partial charge in [-0.2, -0.15) is 16.9 Å². The molecule has 4 nitrogen and oxygen atoms in total. The van der Waals surface area contributed by atoms with Crippen molar-refractivity contribution in [1.82, 2.24) is 14.7 Å². The molecule has 17 heavy (non-hydrogen) atoms. The molecule has 5 heteroatoms. The van der Waals surface area contributed by atoms with Crippen LogP contribution in [0, 0.1) is 5.92 Å². The number of rotatable bonds is 2. The molecule has 0 N–H and O–H groups in total. The molecule has 3 heterocycles. The van der Waals surface area contributed by atoms with E-state index in [1.165, 1.54) is 0 Å². The maximum absolute atomic E-state index is 11.9. The first-order valence-electron chi connectivity index (χ1n) is 6.08. The van der Waals surface area contributed by atoms with E-state index in [-0.39, 0.29) is 5.56 Å². The highest BCUT2D eigenvalue weighted by molar-refractivity contribution is 7.98. The van der Waals surface area contributed by atoms with E-state index >= 15 is 0 Å². The Kier molecular flexibility index (Phi) is 2.96. The minimum atomic E-state index is 0.0702. The summed E-state index contributed by atoms with van der Waals surface area (Å²) in [5.41, 5.74) is 2.35. The second-order valence-electron chi connectivity index (χ2n) is 5.03. The summed E-state index contributed by atoms with van der Waals surface area (Å²) in [4.78, 5) is 14.2. The molecule has 0 amide bonds. The molecule has 0 bridgehead atoms. The first kappa shape index (κ1) is 11.3. The number of nitrogens with zero attached hydrogens (tertiary/aromatic N) is 3. The number of hydrogen-bond acceptors (Lipinski definition) is 4. The van der Waals surface area contributed by atoms with Gasteiger partial charge in [0, 0.05) is 37.2 Å². The molecule has 2 aliphatic heterocycles. The SMILES string of the molecule is CN1CC(Cn2nc3c(cc2=O)CSCC3)C1. The molecule has 1 aromatic heterocycles. The molecule has 1 saturated heterocycles. The Labute approximate surface area is 105 Å². The summed E-state index contributed by atoms with van der Waals surface area (Å²) in [7, 11) is 2.11. The van der Waals surface area contributed by atoms with Crippen molar-refractivity contribution in [3.63, 3.8) is 0 Å². The first-order valence-corrected chi connectivity index (χ1v) is 7.24. The quantitative estimate of drug-likeness (QED) is 0.771. The number of aryl methyl sites for hydroxylation is 1. The Hall–Kier alpha value is -0.810. The van der Waals surface area contributed by atoms with Gasteiger partial charge in [0.25, 0.3) is 5.56 Å². The predicted molar refractivity (Wildman–Crippen MR) is 69.4 cm³/mol. The van der Waals surface area contributed by atoms with Gasteiger partial charge in [0.2, 0.25) is 0 Å². The van der Waals surface area contributed by atoms with Gasteiger partial charge in [-0.15, -0.1) is 0 Å². The molecule has 1 aromatic rings. The third kappa shape index (κ3) is 2.26. The smallest absolute Gasteiger partial charge is 0.267 e. The molecule has 1 fully saturated rings. The molecule has 0 radical (unpaired) electrons. The van der Waals surface area contributed by atoms with Gasteiger partial charge >= 0.3 is 0 Å². The van der Waals surface area contributed by atoms with E-state index in [0.29, 0.717) is 5.92 Å². The van der Waals surface area contributed by atoms with Crippen LogP contribution in [0.5, 0.6) is 0 Å². The average Bonchev–Trinajstić information content (AvgIpc) is 2.28. The fourth-order valence-corrected chi connectivity index (χ4v) is 3.52. The summed E-state index contributed by atoms with van der Waals surface area (Å²) in [6.45, 7) is 2.95. The summed E-state index contributed by atoms with van der Waals surface area (Å²) < 4.78 is 1.67. The molecule has 0 aromatic carbocycles. The molecule has 0 spiro atoms. The highest BCUT2D eigenvalue weighted by Crippen LogP contribution is 2.21. The van der Waals surface area contributed by atoms with Crippen LogP contribution in [0.1, 0.15) is 11.3 Å². The minimum absolute atomic E-state index is 0.0702. The number of likely N-dealkylation sites (tertiary alicyclic amines) is 1. The zero-order valence-corrected chi connectivity index (χ0v) is 10.9. The summed E-state index contributed by atoms with van der Waals surface area (Å²) in [6.07, 6.45) is 1.00. The average molecular weight is 251 g/mol. The van der Waals surface area contributed by atoms with E-state index < -0.39 is 0 Å². The minimum Gasteiger partial charge on any atom is -0.306 e. The van der Waals surface area contributed by atoms with Crippen LogP contribution in [0.15, 0.2) is 10.9 Å². The Morgan fingerprint density at radius 2 is 2.35 bits per heavy atom. The Morgan fingerprint density at radius 3 is 3.12 bits per heavy atom. The van der Waals surface area contributed by atoms with Crippen LogP contribution in [-0.2, 0) is 18.7 Å². The van der Waals surface area contributed by atoms with E-state index in [1.54, 1.807) is 10.7 Å². The van der Waals surface area contributed by atoms with Crippen molar-refractivity contribution in [3.05, 3.63) is 27.7 Å². The van der Waals surface area contributed by atoms with Crippen molar-refractivity contribution in [1.29, 1.82) is 0 Å². The van der Waals surface area contributed by atoms with Gasteiger partial charge in [-0.05, 0) is 18.4 Å². The van der Waals surface area contributed by atoms with Gasteiger partial charge in [-0.3, -0.25) is 4.79 Å². The van der Waals surface area contributed by atoms with Crippen molar-refractivity contribution < 1.29 is 0 Å². The van der Waals surface area contributed by atoms with Crippen molar-refractivity contribution in [2.24, 2.45) is 5.92 Å². The van der Waals surface area contributed by atoms with Crippen molar-refractivity contribution >= 4 is 11.8 Å². The lowest BCUT2D eigenvalue weighted by molar-refractivity contribution is 0.114. The Bertz CT molecular complexity index is 479. The lowest BCUT2D eigenvalue weighted by atomic mass is 10.0. The van der Waals surface area contributed by atoms with E-state index in [2.05, 4.69) is 17.0 Å². The van der Waals surface area contributed by atoms with Gasteiger partial charge in [-0.1, -0.05) is 0 Å². The van der Waals surface area contributed by atoms with E-state index in [1.807, 2.05) is 11.8 Å². The predicted octanol–water partition coefficient (Wildman–Crippen LogP) is 0.594. The van der Waals surface area contributed by atoms with Gasteiger partial charge in [0.15, 0.2) is 0 Å². The maximum atomic E-state index is 11.9. The van der Waals surface area contributed by atoms with Gasteiger partial charge < -0.3 is 4.90 Å². The van der Waals surface area contributed by atoms with Crippen LogP contribution >= 0.6 is 11.8 Å². The van der Waals surface area contributed by atoms with E-state index in [9.17, 15) is 4.79 Å². The summed E-state index contributed by atoms with van der Waals surface area (Å²) in [5, 5.41) is 4.53. The molecule has 2 aliphatic rings.